The molecule has 0 spiro atoms. The number of hydrogen-bond donors (Lipinski definition) is 1. The molecule has 19 heavy (non-hydrogen) atoms. The van der Waals surface area contributed by atoms with E-state index in [0.29, 0.717) is 18.4 Å². The molecule has 0 radical (unpaired) electrons. The molecular formula is C13H20N2O3S. The van der Waals surface area contributed by atoms with Gasteiger partial charge in [0.25, 0.3) is 0 Å². The summed E-state index contributed by atoms with van der Waals surface area (Å²) < 4.78 is 27.8. The fraction of sp³-hybridized carbons (Fsp3) is 0.538. The van der Waals surface area contributed by atoms with Crippen LogP contribution in [0.15, 0.2) is 29.2 Å². The molecule has 1 aliphatic rings. The molecule has 1 aromatic rings. The highest BCUT2D eigenvalue weighted by Gasteiger charge is 2.30. The summed E-state index contributed by atoms with van der Waals surface area (Å²) >= 11 is 0. The summed E-state index contributed by atoms with van der Waals surface area (Å²) in [5, 5.41) is 5.03. The van der Waals surface area contributed by atoms with Crippen LogP contribution >= 0.6 is 0 Å². The van der Waals surface area contributed by atoms with Gasteiger partial charge in [0.2, 0.25) is 10.0 Å². The summed E-state index contributed by atoms with van der Waals surface area (Å²) in [7, 11) is -3.63. The van der Waals surface area contributed by atoms with Crippen molar-refractivity contribution < 1.29 is 13.2 Å². The molecule has 1 saturated heterocycles. The molecule has 0 amide bonds. The monoisotopic (exact) mass is 284 g/mol. The van der Waals surface area contributed by atoms with E-state index < -0.39 is 10.0 Å². The van der Waals surface area contributed by atoms with Gasteiger partial charge in [-0.25, -0.2) is 13.6 Å². The molecule has 5 nitrogen and oxygen atoms in total. The minimum Gasteiger partial charge on any atom is -0.492 e. The largest absolute Gasteiger partial charge is 0.492 e. The molecule has 2 rings (SSSR count). The van der Waals surface area contributed by atoms with Gasteiger partial charge in [-0.05, 0) is 37.1 Å². The number of rotatable bonds is 5. The van der Waals surface area contributed by atoms with E-state index in [2.05, 4.69) is 18.7 Å². The quantitative estimate of drug-likeness (QED) is 0.877. The first-order chi connectivity index (χ1) is 8.88. The Kier molecular flexibility index (Phi) is 4.13. The van der Waals surface area contributed by atoms with Gasteiger partial charge in [0.15, 0.2) is 0 Å². The average molecular weight is 284 g/mol. The van der Waals surface area contributed by atoms with E-state index in [0.717, 1.165) is 19.0 Å². The molecule has 2 N–H and O–H groups in total. The maximum atomic E-state index is 11.1. The fourth-order valence-electron chi connectivity index (χ4n) is 2.21. The van der Waals surface area contributed by atoms with Crippen LogP contribution in [0.5, 0.6) is 5.75 Å². The van der Waals surface area contributed by atoms with Crippen LogP contribution in [-0.4, -0.2) is 39.1 Å². The highest BCUT2D eigenvalue weighted by molar-refractivity contribution is 7.89. The van der Waals surface area contributed by atoms with Crippen LogP contribution in [-0.2, 0) is 10.0 Å². The van der Waals surface area contributed by atoms with E-state index in [4.69, 9.17) is 9.88 Å². The van der Waals surface area contributed by atoms with Crippen LogP contribution in [0.4, 0.5) is 0 Å². The van der Waals surface area contributed by atoms with Gasteiger partial charge in [-0.1, -0.05) is 6.92 Å². The summed E-state index contributed by atoms with van der Waals surface area (Å²) in [6.07, 6.45) is 0. The first-order valence-corrected chi connectivity index (χ1v) is 7.92. The Balaban J connectivity index is 1.81. The van der Waals surface area contributed by atoms with Gasteiger partial charge in [0, 0.05) is 19.1 Å². The van der Waals surface area contributed by atoms with Gasteiger partial charge in [-0.2, -0.15) is 0 Å². The normalized spacial score (nSPS) is 23.9. The second-order valence-corrected chi connectivity index (χ2v) is 6.64. The Morgan fingerprint density at radius 3 is 2.42 bits per heavy atom. The lowest BCUT2D eigenvalue weighted by Gasteiger charge is -2.44. The first kappa shape index (κ1) is 14.3. The van der Waals surface area contributed by atoms with Crippen molar-refractivity contribution in [1.29, 1.82) is 0 Å². The Morgan fingerprint density at radius 2 is 1.95 bits per heavy atom. The molecule has 106 valence electrons. The Bertz CT molecular complexity index is 527. The Labute approximate surface area is 114 Å². The predicted molar refractivity (Wildman–Crippen MR) is 73.5 cm³/mol. The molecule has 1 aromatic carbocycles. The highest BCUT2D eigenvalue weighted by Crippen LogP contribution is 2.23. The zero-order valence-electron chi connectivity index (χ0n) is 11.2. The van der Waals surface area contributed by atoms with Crippen LogP contribution in [0.25, 0.3) is 0 Å². The molecule has 2 atom stereocenters. The number of nitrogens with zero attached hydrogens (tertiary/aromatic N) is 1. The third-order valence-electron chi connectivity index (χ3n) is 3.72. The smallest absolute Gasteiger partial charge is 0.238 e. The topological polar surface area (TPSA) is 72.6 Å². The van der Waals surface area contributed by atoms with Crippen LogP contribution in [0.1, 0.15) is 13.8 Å². The van der Waals surface area contributed by atoms with E-state index >= 15 is 0 Å². The van der Waals surface area contributed by atoms with Crippen molar-refractivity contribution >= 4 is 10.0 Å². The number of likely N-dealkylation sites (tertiary alicyclic amines) is 1. The zero-order valence-corrected chi connectivity index (χ0v) is 12.1. The van der Waals surface area contributed by atoms with E-state index in [9.17, 15) is 8.42 Å². The maximum absolute atomic E-state index is 11.1. The minimum absolute atomic E-state index is 0.102. The second kappa shape index (κ2) is 5.48. The number of sulfonamides is 1. The summed E-state index contributed by atoms with van der Waals surface area (Å²) in [5.74, 6) is 1.42. The average Bonchev–Trinajstić information content (AvgIpc) is 2.37. The van der Waals surface area contributed by atoms with Crippen LogP contribution in [0.3, 0.4) is 0 Å². The van der Waals surface area contributed by atoms with Gasteiger partial charge < -0.3 is 4.74 Å². The summed E-state index contributed by atoms with van der Waals surface area (Å²) in [4.78, 5) is 2.47. The minimum atomic E-state index is -3.63. The third-order valence-corrected chi connectivity index (χ3v) is 4.65. The molecule has 1 heterocycles. The van der Waals surface area contributed by atoms with Crippen molar-refractivity contribution in [3.05, 3.63) is 24.3 Å². The van der Waals surface area contributed by atoms with Crippen LogP contribution in [0.2, 0.25) is 0 Å². The molecule has 1 aliphatic heterocycles. The van der Waals surface area contributed by atoms with E-state index in [1.54, 1.807) is 12.1 Å². The lowest BCUT2D eigenvalue weighted by molar-refractivity contribution is 0.0269. The molecule has 0 aromatic heterocycles. The van der Waals surface area contributed by atoms with Crippen molar-refractivity contribution in [2.75, 3.05) is 19.7 Å². The standard InChI is InChI=1S/C13H20N2O3S/c1-10-9-15(11(10)2)7-8-18-12-3-5-13(6-4-12)19(14,16)17/h3-6,10-11H,7-9H2,1-2H3,(H2,14,16,17)/t10-,11-/m0/s1. The highest BCUT2D eigenvalue weighted by atomic mass is 32.2. The Morgan fingerprint density at radius 1 is 1.32 bits per heavy atom. The van der Waals surface area contributed by atoms with E-state index in [1.165, 1.54) is 12.1 Å². The number of primary sulfonamides is 1. The second-order valence-electron chi connectivity index (χ2n) is 5.08. The number of hydrogen-bond acceptors (Lipinski definition) is 4. The summed E-state index contributed by atoms with van der Waals surface area (Å²) in [6, 6.07) is 6.79. The lowest BCUT2D eigenvalue weighted by atomic mass is 9.92. The van der Waals surface area contributed by atoms with Gasteiger partial charge in [-0.15, -0.1) is 0 Å². The number of benzene rings is 1. The van der Waals surface area contributed by atoms with Crippen LogP contribution < -0.4 is 9.88 Å². The third kappa shape index (κ3) is 3.46. The SMILES string of the molecule is C[C@H]1CN(CCOc2ccc(S(N)(=O)=O)cc2)[C@H]1C. The maximum Gasteiger partial charge on any atom is 0.238 e. The van der Waals surface area contributed by atoms with E-state index in [1.807, 2.05) is 0 Å². The molecule has 0 unspecified atom stereocenters. The predicted octanol–water partition coefficient (Wildman–Crippen LogP) is 1.05. The van der Waals surface area contributed by atoms with Gasteiger partial charge >= 0.3 is 0 Å². The van der Waals surface area contributed by atoms with Gasteiger partial charge in [0.1, 0.15) is 12.4 Å². The van der Waals surface area contributed by atoms with Crippen molar-refractivity contribution in [2.24, 2.45) is 11.1 Å². The number of ether oxygens (including phenoxy) is 1. The van der Waals surface area contributed by atoms with Gasteiger partial charge in [0.05, 0.1) is 4.90 Å². The van der Waals surface area contributed by atoms with Crippen LogP contribution in [0, 0.1) is 5.92 Å². The lowest BCUT2D eigenvalue weighted by Crippen LogP contribution is -2.54. The number of nitrogens with two attached hydrogens (primary N) is 1. The summed E-state index contributed by atoms with van der Waals surface area (Å²) in [6.45, 7) is 7.08. The molecule has 1 fully saturated rings. The molecule has 6 heteroatoms. The van der Waals surface area contributed by atoms with Crippen molar-refractivity contribution in [2.45, 2.75) is 24.8 Å². The van der Waals surface area contributed by atoms with Crippen molar-refractivity contribution in [1.82, 2.24) is 4.90 Å². The zero-order chi connectivity index (χ0) is 14.0. The van der Waals surface area contributed by atoms with Crippen molar-refractivity contribution in [3.63, 3.8) is 0 Å². The molecule has 0 bridgehead atoms. The molecule has 0 saturated carbocycles. The van der Waals surface area contributed by atoms with Crippen molar-refractivity contribution in [3.8, 4) is 5.75 Å². The first-order valence-electron chi connectivity index (χ1n) is 6.37. The van der Waals surface area contributed by atoms with E-state index in [-0.39, 0.29) is 4.90 Å². The molecular weight excluding hydrogens is 264 g/mol. The fourth-order valence-corrected chi connectivity index (χ4v) is 2.73. The molecule has 0 aliphatic carbocycles. The van der Waals surface area contributed by atoms with Gasteiger partial charge in [-0.3, -0.25) is 4.90 Å². The summed E-state index contributed by atoms with van der Waals surface area (Å²) in [5.41, 5.74) is 0. The Hall–Kier alpha value is -1.11.